The van der Waals surface area contributed by atoms with Gasteiger partial charge >= 0.3 is 0 Å². The molecule has 1 amide bonds. The Labute approximate surface area is 166 Å². The highest BCUT2D eigenvalue weighted by Gasteiger charge is 2.20. The van der Waals surface area contributed by atoms with Crippen molar-refractivity contribution in [3.8, 4) is 10.4 Å². The number of thiophene rings is 1. The lowest BCUT2D eigenvalue weighted by molar-refractivity contribution is -0.114. The number of hydrogen-bond donors (Lipinski definition) is 2. The Bertz CT molecular complexity index is 901. The molecule has 0 radical (unpaired) electrons. The highest BCUT2D eigenvalue weighted by molar-refractivity contribution is 7.91. The molecule has 0 atom stereocenters. The first-order valence-electron chi connectivity index (χ1n) is 8.49. The van der Waals surface area contributed by atoms with Crippen LogP contribution in [0.25, 0.3) is 10.4 Å². The fourth-order valence-corrected chi connectivity index (χ4v) is 5.99. The topological polar surface area (TPSA) is 101 Å². The van der Waals surface area contributed by atoms with Gasteiger partial charge in [-0.3, -0.25) is 9.69 Å². The SMILES string of the molecule is CC(=O)Nc1nc(C)c(-c2csc(S(=O)(=O)NCCN3CCOCC3)c2)s1. The summed E-state index contributed by atoms with van der Waals surface area (Å²) in [4.78, 5) is 18.5. The summed E-state index contributed by atoms with van der Waals surface area (Å²) in [5.74, 6) is -0.187. The second kappa shape index (κ2) is 8.76. The van der Waals surface area contributed by atoms with Crippen LogP contribution in [0.15, 0.2) is 15.7 Å². The van der Waals surface area contributed by atoms with E-state index in [0.717, 1.165) is 29.2 Å². The maximum Gasteiger partial charge on any atom is 0.250 e. The number of nitrogens with zero attached hydrogens (tertiary/aromatic N) is 2. The van der Waals surface area contributed by atoms with Crippen LogP contribution >= 0.6 is 22.7 Å². The molecule has 1 saturated heterocycles. The monoisotopic (exact) mass is 430 g/mol. The first kappa shape index (κ1) is 20.4. The van der Waals surface area contributed by atoms with Gasteiger partial charge in [0.2, 0.25) is 15.9 Å². The number of ether oxygens (including phenoxy) is 1. The standard InChI is InChI=1S/C16H22N4O4S3/c1-11-15(26-16(18-11)19-12(2)21)13-9-14(25-10-13)27(22,23)17-3-4-20-5-7-24-8-6-20/h9-10,17H,3-8H2,1-2H3,(H,18,19,21). The van der Waals surface area contributed by atoms with Crippen molar-refractivity contribution in [3.05, 3.63) is 17.1 Å². The predicted octanol–water partition coefficient (Wildman–Crippen LogP) is 1.75. The van der Waals surface area contributed by atoms with Crippen LogP contribution in [0.1, 0.15) is 12.6 Å². The minimum Gasteiger partial charge on any atom is -0.379 e. The molecule has 11 heteroatoms. The molecule has 3 heterocycles. The van der Waals surface area contributed by atoms with Crippen molar-refractivity contribution in [1.82, 2.24) is 14.6 Å². The van der Waals surface area contributed by atoms with Crippen LogP contribution < -0.4 is 10.0 Å². The summed E-state index contributed by atoms with van der Waals surface area (Å²) in [6.07, 6.45) is 0. The number of sulfonamides is 1. The Morgan fingerprint density at radius 2 is 2.11 bits per heavy atom. The van der Waals surface area contributed by atoms with E-state index in [4.69, 9.17) is 4.74 Å². The fourth-order valence-electron chi connectivity index (χ4n) is 2.68. The zero-order chi connectivity index (χ0) is 19.4. The molecule has 2 aromatic rings. The van der Waals surface area contributed by atoms with Gasteiger partial charge in [0.05, 0.1) is 23.8 Å². The third-order valence-electron chi connectivity index (χ3n) is 4.01. The van der Waals surface area contributed by atoms with E-state index in [2.05, 4.69) is 19.9 Å². The van der Waals surface area contributed by atoms with Gasteiger partial charge in [0.1, 0.15) is 4.21 Å². The Hall–Kier alpha value is -1.37. The molecule has 0 spiro atoms. The summed E-state index contributed by atoms with van der Waals surface area (Å²) >= 11 is 2.51. The van der Waals surface area contributed by atoms with E-state index in [0.29, 0.717) is 31.4 Å². The van der Waals surface area contributed by atoms with Crippen molar-refractivity contribution >= 4 is 43.7 Å². The number of rotatable bonds is 7. The number of amides is 1. The minimum absolute atomic E-state index is 0.187. The first-order chi connectivity index (χ1) is 12.8. The van der Waals surface area contributed by atoms with E-state index in [1.54, 1.807) is 11.4 Å². The molecule has 2 N–H and O–H groups in total. The van der Waals surface area contributed by atoms with Crippen LogP contribution in [0.3, 0.4) is 0 Å². The molecule has 1 fully saturated rings. The average molecular weight is 431 g/mol. The molecule has 148 valence electrons. The van der Waals surface area contributed by atoms with E-state index >= 15 is 0 Å². The van der Waals surface area contributed by atoms with Gasteiger partial charge in [-0.1, -0.05) is 11.3 Å². The molecule has 0 bridgehead atoms. The molecular formula is C16H22N4O4S3. The van der Waals surface area contributed by atoms with Crippen LogP contribution in [0.4, 0.5) is 5.13 Å². The van der Waals surface area contributed by atoms with Crippen molar-refractivity contribution in [3.63, 3.8) is 0 Å². The maximum atomic E-state index is 12.5. The lowest BCUT2D eigenvalue weighted by Gasteiger charge is -2.26. The molecular weight excluding hydrogens is 408 g/mol. The number of nitrogens with one attached hydrogen (secondary N) is 2. The molecule has 2 aromatic heterocycles. The molecule has 0 aliphatic carbocycles. The summed E-state index contributed by atoms with van der Waals surface area (Å²) in [6.45, 7) is 7.32. The second-order valence-corrected chi connectivity index (χ2v) is 10.0. The van der Waals surface area contributed by atoms with E-state index in [9.17, 15) is 13.2 Å². The lowest BCUT2D eigenvalue weighted by atomic mass is 10.2. The Morgan fingerprint density at radius 3 is 2.81 bits per heavy atom. The molecule has 0 saturated carbocycles. The number of aromatic nitrogens is 1. The third-order valence-corrected chi connectivity index (χ3v) is 8.03. The summed E-state index contributed by atoms with van der Waals surface area (Å²) in [7, 11) is -3.55. The van der Waals surface area contributed by atoms with Crippen LogP contribution in [-0.4, -0.2) is 63.6 Å². The van der Waals surface area contributed by atoms with E-state index in [1.165, 1.54) is 29.6 Å². The normalized spacial score (nSPS) is 15.8. The minimum atomic E-state index is -3.55. The van der Waals surface area contributed by atoms with Gasteiger partial charge in [-0.15, -0.1) is 11.3 Å². The molecule has 8 nitrogen and oxygen atoms in total. The quantitative estimate of drug-likeness (QED) is 0.694. The summed E-state index contributed by atoms with van der Waals surface area (Å²) in [5.41, 5.74) is 1.55. The number of morpholine rings is 1. The number of carbonyl (C=O) groups is 1. The van der Waals surface area contributed by atoms with E-state index < -0.39 is 10.0 Å². The predicted molar refractivity (Wildman–Crippen MR) is 107 cm³/mol. The highest BCUT2D eigenvalue weighted by Crippen LogP contribution is 2.36. The molecule has 27 heavy (non-hydrogen) atoms. The summed E-state index contributed by atoms with van der Waals surface area (Å²) < 4.78 is 33.3. The van der Waals surface area contributed by atoms with Crippen LogP contribution in [0, 0.1) is 6.92 Å². The average Bonchev–Trinajstić information content (AvgIpc) is 3.22. The van der Waals surface area contributed by atoms with Gasteiger partial charge in [-0.25, -0.2) is 18.1 Å². The first-order valence-corrected chi connectivity index (χ1v) is 11.7. The van der Waals surface area contributed by atoms with Gasteiger partial charge in [0.15, 0.2) is 5.13 Å². The fraction of sp³-hybridized carbons (Fsp3) is 0.500. The third kappa shape index (κ3) is 5.33. The zero-order valence-corrected chi connectivity index (χ0v) is 17.6. The van der Waals surface area contributed by atoms with E-state index in [-0.39, 0.29) is 10.1 Å². The molecule has 1 aliphatic heterocycles. The van der Waals surface area contributed by atoms with Crippen molar-refractivity contribution in [2.75, 3.05) is 44.7 Å². The maximum absolute atomic E-state index is 12.5. The van der Waals surface area contributed by atoms with E-state index in [1.807, 2.05) is 6.92 Å². The van der Waals surface area contributed by atoms with Crippen LogP contribution in [0.2, 0.25) is 0 Å². The molecule has 0 unspecified atom stereocenters. The number of carbonyl (C=O) groups excluding carboxylic acids is 1. The summed E-state index contributed by atoms with van der Waals surface area (Å²) in [5, 5.41) is 4.97. The number of thiazole rings is 1. The largest absolute Gasteiger partial charge is 0.379 e. The van der Waals surface area contributed by atoms with Crippen molar-refractivity contribution in [2.45, 2.75) is 18.1 Å². The molecule has 0 aromatic carbocycles. The second-order valence-electron chi connectivity index (χ2n) is 6.12. The Balaban J connectivity index is 1.65. The smallest absolute Gasteiger partial charge is 0.250 e. The van der Waals surface area contributed by atoms with Crippen molar-refractivity contribution < 1.29 is 17.9 Å². The molecule has 1 aliphatic rings. The van der Waals surface area contributed by atoms with Crippen molar-refractivity contribution in [2.24, 2.45) is 0 Å². The van der Waals surface area contributed by atoms with Gasteiger partial charge < -0.3 is 10.1 Å². The van der Waals surface area contributed by atoms with Crippen LogP contribution in [0.5, 0.6) is 0 Å². The van der Waals surface area contributed by atoms with Crippen molar-refractivity contribution in [1.29, 1.82) is 0 Å². The van der Waals surface area contributed by atoms with Crippen LogP contribution in [-0.2, 0) is 19.6 Å². The number of aryl methyl sites for hydroxylation is 1. The van der Waals surface area contributed by atoms with Gasteiger partial charge in [0, 0.05) is 44.0 Å². The lowest BCUT2D eigenvalue weighted by Crippen LogP contribution is -2.41. The number of anilines is 1. The van der Waals surface area contributed by atoms with Gasteiger partial charge in [-0.05, 0) is 13.0 Å². The van der Waals surface area contributed by atoms with Gasteiger partial charge in [-0.2, -0.15) is 0 Å². The Kier molecular flexibility index (Phi) is 6.61. The van der Waals surface area contributed by atoms with Gasteiger partial charge in [0.25, 0.3) is 0 Å². The Morgan fingerprint density at radius 1 is 1.37 bits per heavy atom. The number of hydrogen-bond acceptors (Lipinski definition) is 8. The molecule has 3 rings (SSSR count). The highest BCUT2D eigenvalue weighted by atomic mass is 32.2. The zero-order valence-electron chi connectivity index (χ0n) is 15.1. The summed E-state index contributed by atoms with van der Waals surface area (Å²) in [6, 6.07) is 1.65.